The van der Waals surface area contributed by atoms with Gasteiger partial charge in [0.2, 0.25) is 10.0 Å². The molecule has 1 saturated heterocycles. The van der Waals surface area contributed by atoms with Crippen LogP contribution in [0.25, 0.3) is 0 Å². The zero-order chi connectivity index (χ0) is 19.6. The normalized spacial score (nSPS) is 19.6. The zero-order valence-electron chi connectivity index (χ0n) is 15.9. The Bertz CT molecular complexity index is 907. The molecule has 1 fully saturated rings. The van der Waals surface area contributed by atoms with E-state index in [0.29, 0.717) is 12.1 Å². The van der Waals surface area contributed by atoms with E-state index < -0.39 is 10.0 Å². The highest BCUT2D eigenvalue weighted by atomic mass is 32.2. The van der Waals surface area contributed by atoms with Crippen molar-refractivity contribution >= 4 is 27.3 Å². The molecular formula is C20H26N2O3S2. The molecule has 0 radical (unpaired) electrons. The van der Waals surface area contributed by atoms with E-state index >= 15 is 0 Å². The van der Waals surface area contributed by atoms with E-state index in [9.17, 15) is 13.2 Å². The van der Waals surface area contributed by atoms with Crippen molar-refractivity contribution in [1.82, 2.24) is 9.62 Å². The van der Waals surface area contributed by atoms with Gasteiger partial charge in [-0.05, 0) is 62.8 Å². The van der Waals surface area contributed by atoms with Crippen molar-refractivity contribution in [3.63, 3.8) is 0 Å². The quantitative estimate of drug-likeness (QED) is 0.812. The molecule has 0 saturated carbocycles. The predicted molar refractivity (Wildman–Crippen MR) is 109 cm³/mol. The van der Waals surface area contributed by atoms with Crippen LogP contribution in [0, 0.1) is 6.92 Å². The molecule has 2 aromatic rings. The maximum atomic E-state index is 13.1. The number of nitrogens with zero attached hydrogens (tertiary/aromatic N) is 1. The fourth-order valence-corrected chi connectivity index (χ4v) is 5.91. The average molecular weight is 407 g/mol. The van der Waals surface area contributed by atoms with Gasteiger partial charge < -0.3 is 5.32 Å². The third kappa shape index (κ3) is 4.25. The number of benzene rings is 1. The van der Waals surface area contributed by atoms with Crippen LogP contribution < -0.4 is 5.32 Å². The summed E-state index contributed by atoms with van der Waals surface area (Å²) < 4.78 is 27.7. The Morgan fingerprint density at radius 1 is 1.30 bits per heavy atom. The molecule has 1 aliphatic rings. The summed E-state index contributed by atoms with van der Waals surface area (Å²) >= 11 is 1.58. The summed E-state index contributed by atoms with van der Waals surface area (Å²) in [6, 6.07) is 8.61. The van der Waals surface area contributed by atoms with Gasteiger partial charge in [0.15, 0.2) is 0 Å². The summed E-state index contributed by atoms with van der Waals surface area (Å²) in [4.78, 5) is 14.0. The average Bonchev–Trinajstić information content (AvgIpc) is 3.17. The van der Waals surface area contributed by atoms with E-state index in [1.54, 1.807) is 27.8 Å². The molecule has 2 atom stereocenters. The van der Waals surface area contributed by atoms with Crippen molar-refractivity contribution in [3.05, 3.63) is 51.7 Å². The first-order valence-corrected chi connectivity index (χ1v) is 11.6. The number of piperidine rings is 1. The van der Waals surface area contributed by atoms with Crippen LogP contribution in [-0.4, -0.2) is 31.2 Å². The fraction of sp³-hybridized carbons (Fsp3) is 0.450. The molecule has 1 aliphatic heterocycles. The molecule has 1 amide bonds. The van der Waals surface area contributed by atoms with Crippen molar-refractivity contribution in [3.8, 4) is 0 Å². The SMILES string of the molecule is Cc1ccc(S(=O)(=O)N2CCCCC2C)cc1C(=O)NC(C)c1cccs1. The number of amides is 1. The molecule has 0 bridgehead atoms. The Morgan fingerprint density at radius 3 is 2.74 bits per heavy atom. The Balaban J connectivity index is 1.86. The second-order valence-electron chi connectivity index (χ2n) is 7.15. The van der Waals surface area contributed by atoms with Gasteiger partial charge in [0.25, 0.3) is 5.91 Å². The van der Waals surface area contributed by atoms with Gasteiger partial charge in [-0.1, -0.05) is 18.6 Å². The second-order valence-corrected chi connectivity index (χ2v) is 10.0. The lowest BCUT2D eigenvalue weighted by molar-refractivity contribution is 0.0939. The molecule has 1 aromatic carbocycles. The number of sulfonamides is 1. The van der Waals surface area contributed by atoms with E-state index in [4.69, 9.17) is 0 Å². The Kier molecular flexibility index (Phi) is 6.03. The van der Waals surface area contributed by atoms with Gasteiger partial charge in [-0.3, -0.25) is 4.79 Å². The summed E-state index contributed by atoms with van der Waals surface area (Å²) in [6.45, 7) is 6.23. The standard InChI is InChI=1S/C20H26N2O3S2/c1-14-9-10-17(27(24,25)22-11-5-4-7-15(22)2)13-18(14)20(23)21-16(3)19-8-6-12-26-19/h6,8-10,12-13,15-16H,4-5,7,11H2,1-3H3,(H,21,23). The maximum absolute atomic E-state index is 13.1. The second kappa shape index (κ2) is 8.12. The van der Waals surface area contributed by atoms with Gasteiger partial charge in [0.05, 0.1) is 10.9 Å². The van der Waals surface area contributed by atoms with Crippen molar-refractivity contribution in [2.45, 2.75) is 57.0 Å². The van der Waals surface area contributed by atoms with Gasteiger partial charge in [0, 0.05) is 23.0 Å². The van der Waals surface area contributed by atoms with Gasteiger partial charge in [-0.25, -0.2) is 8.42 Å². The zero-order valence-corrected chi connectivity index (χ0v) is 17.6. The van der Waals surface area contributed by atoms with Gasteiger partial charge >= 0.3 is 0 Å². The predicted octanol–water partition coefficient (Wildman–Crippen LogP) is 4.11. The molecule has 0 spiro atoms. The first-order chi connectivity index (χ1) is 12.8. The number of hydrogen-bond donors (Lipinski definition) is 1. The largest absolute Gasteiger partial charge is 0.345 e. The highest BCUT2D eigenvalue weighted by Crippen LogP contribution is 2.27. The minimum atomic E-state index is -3.60. The number of rotatable bonds is 5. The number of carbonyl (C=O) groups is 1. The van der Waals surface area contributed by atoms with Crippen molar-refractivity contribution in [1.29, 1.82) is 0 Å². The topological polar surface area (TPSA) is 66.5 Å². The van der Waals surface area contributed by atoms with E-state index in [2.05, 4.69) is 5.32 Å². The van der Waals surface area contributed by atoms with E-state index in [1.165, 1.54) is 6.07 Å². The van der Waals surface area contributed by atoms with Crippen LogP contribution in [0.5, 0.6) is 0 Å². The number of aryl methyl sites for hydroxylation is 1. The molecule has 5 nitrogen and oxygen atoms in total. The number of carbonyl (C=O) groups excluding carboxylic acids is 1. The molecule has 3 rings (SSSR count). The van der Waals surface area contributed by atoms with E-state index in [1.807, 2.05) is 38.3 Å². The fourth-order valence-electron chi connectivity index (χ4n) is 3.45. The van der Waals surface area contributed by atoms with Crippen molar-refractivity contribution in [2.75, 3.05) is 6.54 Å². The molecular weight excluding hydrogens is 380 g/mol. The van der Waals surface area contributed by atoms with Crippen LogP contribution in [0.15, 0.2) is 40.6 Å². The first-order valence-electron chi connectivity index (χ1n) is 9.27. The van der Waals surface area contributed by atoms with Crippen LogP contribution >= 0.6 is 11.3 Å². The molecule has 1 N–H and O–H groups in total. The highest BCUT2D eigenvalue weighted by molar-refractivity contribution is 7.89. The summed E-state index contributed by atoms with van der Waals surface area (Å²) in [5.74, 6) is -0.253. The van der Waals surface area contributed by atoms with Gasteiger partial charge in [0.1, 0.15) is 0 Å². The van der Waals surface area contributed by atoms with Crippen LogP contribution in [0.4, 0.5) is 0 Å². The Labute approximate surface area is 165 Å². The number of hydrogen-bond acceptors (Lipinski definition) is 4. The molecule has 27 heavy (non-hydrogen) atoms. The summed E-state index contributed by atoms with van der Waals surface area (Å²) in [6.07, 6.45) is 2.80. The van der Waals surface area contributed by atoms with E-state index in [-0.39, 0.29) is 22.9 Å². The van der Waals surface area contributed by atoms with Gasteiger partial charge in [-0.15, -0.1) is 11.3 Å². The Hall–Kier alpha value is -1.70. The summed E-state index contributed by atoms with van der Waals surface area (Å²) in [5.41, 5.74) is 1.17. The van der Waals surface area contributed by atoms with Crippen LogP contribution in [0.1, 0.15) is 60.0 Å². The number of nitrogens with one attached hydrogen (secondary N) is 1. The monoisotopic (exact) mass is 406 g/mol. The molecule has 2 heterocycles. The van der Waals surface area contributed by atoms with Crippen LogP contribution in [0.2, 0.25) is 0 Å². The maximum Gasteiger partial charge on any atom is 0.252 e. The van der Waals surface area contributed by atoms with E-state index in [0.717, 1.165) is 29.7 Å². The lowest BCUT2D eigenvalue weighted by Gasteiger charge is -2.32. The highest BCUT2D eigenvalue weighted by Gasteiger charge is 2.31. The molecule has 0 aliphatic carbocycles. The summed E-state index contributed by atoms with van der Waals surface area (Å²) in [7, 11) is -3.60. The number of thiophene rings is 1. The molecule has 7 heteroatoms. The minimum Gasteiger partial charge on any atom is -0.345 e. The lowest BCUT2D eigenvalue weighted by Crippen LogP contribution is -2.42. The van der Waals surface area contributed by atoms with Crippen molar-refractivity contribution in [2.24, 2.45) is 0 Å². The van der Waals surface area contributed by atoms with Crippen LogP contribution in [-0.2, 0) is 10.0 Å². The molecule has 1 aromatic heterocycles. The molecule has 146 valence electrons. The lowest BCUT2D eigenvalue weighted by atomic mass is 10.1. The third-order valence-electron chi connectivity index (χ3n) is 5.12. The molecule has 2 unspecified atom stereocenters. The Morgan fingerprint density at radius 2 is 2.07 bits per heavy atom. The van der Waals surface area contributed by atoms with Crippen LogP contribution in [0.3, 0.4) is 0 Å². The first kappa shape index (κ1) is 20.0. The van der Waals surface area contributed by atoms with Crippen molar-refractivity contribution < 1.29 is 13.2 Å². The summed E-state index contributed by atoms with van der Waals surface area (Å²) in [5, 5.41) is 4.94. The smallest absolute Gasteiger partial charge is 0.252 e. The third-order valence-corrected chi connectivity index (χ3v) is 8.18. The van der Waals surface area contributed by atoms with Gasteiger partial charge in [-0.2, -0.15) is 4.31 Å². The minimum absolute atomic E-state index is 0.0128.